The fourth-order valence-electron chi connectivity index (χ4n) is 2.05. The van der Waals surface area contributed by atoms with Gasteiger partial charge < -0.3 is 0 Å². The molecule has 0 unspecified atom stereocenters. The lowest BCUT2D eigenvalue weighted by Crippen LogP contribution is -2.07. The predicted octanol–water partition coefficient (Wildman–Crippen LogP) is 3.86. The third-order valence-corrected chi connectivity index (χ3v) is 3.93. The van der Waals surface area contributed by atoms with Crippen LogP contribution in [0.3, 0.4) is 0 Å². The lowest BCUT2D eigenvalue weighted by Gasteiger charge is -2.07. The fourth-order valence-corrected chi connectivity index (χ4v) is 2.45. The average Bonchev–Trinajstić information content (AvgIpc) is 2.87. The summed E-state index contributed by atoms with van der Waals surface area (Å²) in [5.41, 5.74) is 2.88. The first kappa shape index (κ1) is 16.9. The molecule has 0 aliphatic rings. The van der Waals surface area contributed by atoms with Gasteiger partial charge >= 0.3 is 0 Å². The third kappa shape index (κ3) is 4.78. The van der Waals surface area contributed by atoms with Crippen LogP contribution in [0.4, 0.5) is 0 Å². The van der Waals surface area contributed by atoms with Crippen molar-refractivity contribution in [3.8, 4) is 0 Å². The van der Waals surface area contributed by atoms with Crippen molar-refractivity contribution in [1.29, 1.82) is 0 Å². The Hall–Kier alpha value is -1.46. The van der Waals surface area contributed by atoms with Crippen LogP contribution >= 0.6 is 27.5 Å². The van der Waals surface area contributed by atoms with E-state index in [4.69, 9.17) is 11.6 Å². The van der Waals surface area contributed by atoms with Crippen molar-refractivity contribution in [2.45, 2.75) is 26.3 Å². The summed E-state index contributed by atoms with van der Waals surface area (Å²) in [6, 6.07) is 8.09. The number of hydrogen-bond acceptors (Lipinski definition) is 3. The maximum Gasteiger partial charge on any atom is 0.152 e. The van der Waals surface area contributed by atoms with Crippen LogP contribution in [-0.2, 0) is 17.8 Å². The number of allylic oxidation sites excluding steroid dienone is 1. The van der Waals surface area contributed by atoms with Crippen LogP contribution in [0, 0.1) is 0 Å². The van der Waals surface area contributed by atoms with E-state index in [2.05, 4.69) is 26.2 Å². The maximum atomic E-state index is 11.1. The number of rotatable bonds is 7. The molecule has 0 aliphatic carbocycles. The first-order valence-electron chi connectivity index (χ1n) is 7.01. The minimum atomic E-state index is -0.00856. The Bertz CT molecular complexity index is 665. The molecule has 1 heterocycles. The topological polar surface area (TPSA) is 47.8 Å². The van der Waals surface area contributed by atoms with Crippen LogP contribution in [-0.4, -0.2) is 26.7 Å². The molecule has 0 saturated carbocycles. The number of carbonyl (C=O) groups excluding carboxylic acids is 1. The molecule has 0 aliphatic heterocycles. The molecule has 0 atom stereocenters. The van der Waals surface area contributed by atoms with Gasteiger partial charge in [0.05, 0.1) is 12.2 Å². The molecule has 116 valence electrons. The van der Waals surface area contributed by atoms with E-state index in [1.807, 2.05) is 28.9 Å². The molecule has 0 radical (unpaired) electrons. The van der Waals surface area contributed by atoms with Crippen molar-refractivity contribution in [3.63, 3.8) is 0 Å². The largest absolute Gasteiger partial charge is 0.295 e. The van der Waals surface area contributed by atoms with Gasteiger partial charge in [-0.3, -0.25) is 4.79 Å². The molecule has 0 amide bonds. The van der Waals surface area contributed by atoms with Gasteiger partial charge in [-0.05, 0) is 49.6 Å². The molecule has 1 aromatic carbocycles. The number of carbonyl (C=O) groups is 1. The Morgan fingerprint density at radius 3 is 2.73 bits per heavy atom. The number of ketones is 1. The number of alkyl halides is 1. The van der Waals surface area contributed by atoms with Gasteiger partial charge in [-0.2, -0.15) is 0 Å². The Morgan fingerprint density at radius 1 is 1.36 bits per heavy atom. The maximum absolute atomic E-state index is 11.1. The van der Waals surface area contributed by atoms with Gasteiger partial charge in [0.15, 0.2) is 5.78 Å². The van der Waals surface area contributed by atoms with Gasteiger partial charge in [0.25, 0.3) is 0 Å². The van der Waals surface area contributed by atoms with Crippen molar-refractivity contribution >= 4 is 39.4 Å². The molecule has 22 heavy (non-hydrogen) atoms. The first-order valence-corrected chi connectivity index (χ1v) is 8.34. The van der Waals surface area contributed by atoms with E-state index in [-0.39, 0.29) is 5.78 Å². The summed E-state index contributed by atoms with van der Waals surface area (Å²) in [6.45, 7) is 2.16. The summed E-state index contributed by atoms with van der Waals surface area (Å²) in [5.74, 6) is 0.574. The highest BCUT2D eigenvalue weighted by atomic mass is 79.9. The smallest absolute Gasteiger partial charge is 0.152 e. The summed E-state index contributed by atoms with van der Waals surface area (Å²) >= 11 is 9.23. The second-order valence-electron chi connectivity index (χ2n) is 4.94. The molecule has 6 heteroatoms. The van der Waals surface area contributed by atoms with Crippen LogP contribution in [0.2, 0.25) is 0 Å². The number of aromatic nitrogens is 3. The fraction of sp³-hybridized carbons (Fsp3) is 0.312. The molecular formula is C16H17BrClN3O. The van der Waals surface area contributed by atoms with Gasteiger partial charge in [-0.15, -0.1) is 16.7 Å². The predicted molar refractivity (Wildman–Crippen MR) is 92.0 cm³/mol. The van der Waals surface area contributed by atoms with E-state index in [0.29, 0.717) is 12.4 Å². The summed E-state index contributed by atoms with van der Waals surface area (Å²) < 4.78 is 2.91. The van der Waals surface area contributed by atoms with E-state index >= 15 is 0 Å². The van der Waals surface area contributed by atoms with Crippen LogP contribution in [0.15, 0.2) is 34.8 Å². The number of halogens is 2. The number of nitrogens with zero attached hydrogens (tertiary/aromatic N) is 3. The Labute approximate surface area is 143 Å². The zero-order valence-electron chi connectivity index (χ0n) is 12.3. The molecule has 2 aromatic rings. The number of benzene rings is 1. The van der Waals surface area contributed by atoms with E-state index in [1.165, 1.54) is 13.0 Å². The van der Waals surface area contributed by atoms with Crippen molar-refractivity contribution in [2.75, 3.05) is 5.88 Å². The Morgan fingerprint density at radius 2 is 2.09 bits per heavy atom. The molecule has 2 rings (SSSR count). The minimum Gasteiger partial charge on any atom is -0.295 e. The highest BCUT2D eigenvalue weighted by molar-refractivity contribution is 9.10. The van der Waals surface area contributed by atoms with Crippen LogP contribution in [0.5, 0.6) is 0 Å². The summed E-state index contributed by atoms with van der Waals surface area (Å²) in [5, 5.41) is 8.39. The SMILES string of the molecule is CC(=O)/C=C/c1nnn(Cc2ccc(Br)cc2)c1CCCCl. The van der Waals surface area contributed by atoms with Crippen molar-refractivity contribution in [3.05, 3.63) is 51.8 Å². The quantitative estimate of drug-likeness (QED) is 0.539. The average molecular weight is 383 g/mol. The molecule has 0 spiro atoms. The van der Waals surface area contributed by atoms with Crippen molar-refractivity contribution in [1.82, 2.24) is 15.0 Å². The molecule has 0 saturated heterocycles. The first-order chi connectivity index (χ1) is 10.6. The zero-order valence-corrected chi connectivity index (χ0v) is 14.6. The molecule has 0 N–H and O–H groups in total. The molecule has 4 nitrogen and oxygen atoms in total. The van der Waals surface area contributed by atoms with Gasteiger partial charge in [0.2, 0.25) is 0 Å². The van der Waals surface area contributed by atoms with E-state index < -0.39 is 0 Å². The lowest BCUT2D eigenvalue weighted by atomic mass is 10.1. The Balaban J connectivity index is 2.25. The summed E-state index contributed by atoms with van der Waals surface area (Å²) in [6.07, 6.45) is 4.86. The molecule has 1 aromatic heterocycles. The van der Waals surface area contributed by atoms with E-state index in [0.717, 1.165) is 34.3 Å². The van der Waals surface area contributed by atoms with Gasteiger partial charge in [0, 0.05) is 10.4 Å². The van der Waals surface area contributed by atoms with Gasteiger partial charge in [0.1, 0.15) is 5.69 Å². The van der Waals surface area contributed by atoms with Crippen molar-refractivity contribution in [2.24, 2.45) is 0 Å². The highest BCUT2D eigenvalue weighted by Crippen LogP contribution is 2.15. The second-order valence-corrected chi connectivity index (χ2v) is 6.24. The minimum absolute atomic E-state index is 0.00856. The Kier molecular flexibility index (Phi) is 6.34. The summed E-state index contributed by atoms with van der Waals surface area (Å²) in [7, 11) is 0. The van der Waals surface area contributed by atoms with Gasteiger partial charge in [-0.1, -0.05) is 33.3 Å². The second kappa shape index (κ2) is 8.25. The number of hydrogen-bond donors (Lipinski definition) is 0. The van der Waals surface area contributed by atoms with Crippen LogP contribution in [0.1, 0.15) is 30.3 Å². The van der Waals surface area contributed by atoms with Crippen molar-refractivity contribution < 1.29 is 4.79 Å². The van der Waals surface area contributed by atoms with Crippen LogP contribution < -0.4 is 0 Å². The highest BCUT2D eigenvalue weighted by Gasteiger charge is 2.11. The van der Waals surface area contributed by atoms with E-state index in [1.54, 1.807) is 6.08 Å². The third-order valence-electron chi connectivity index (χ3n) is 3.14. The molecule has 0 bridgehead atoms. The normalized spacial score (nSPS) is 11.2. The lowest BCUT2D eigenvalue weighted by molar-refractivity contribution is -0.112. The molecule has 0 fully saturated rings. The monoisotopic (exact) mass is 381 g/mol. The van der Waals surface area contributed by atoms with Crippen LogP contribution in [0.25, 0.3) is 6.08 Å². The van der Waals surface area contributed by atoms with Gasteiger partial charge in [-0.25, -0.2) is 4.68 Å². The molecular weight excluding hydrogens is 366 g/mol. The van der Waals surface area contributed by atoms with E-state index in [9.17, 15) is 4.79 Å². The zero-order chi connectivity index (χ0) is 15.9. The standard InChI is InChI=1S/C16H17BrClN3O/c1-12(22)4-9-15-16(3-2-10-18)21(20-19-15)11-13-5-7-14(17)8-6-13/h4-9H,2-3,10-11H2,1H3/b9-4+. The summed E-state index contributed by atoms with van der Waals surface area (Å²) in [4.78, 5) is 11.1.